The van der Waals surface area contributed by atoms with Gasteiger partial charge in [0.15, 0.2) is 0 Å². The van der Waals surface area contributed by atoms with E-state index in [0.29, 0.717) is 6.54 Å². The fourth-order valence-corrected chi connectivity index (χ4v) is 2.35. The van der Waals surface area contributed by atoms with Gasteiger partial charge in [0.2, 0.25) is 0 Å². The zero-order valence-corrected chi connectivity index (χ0v) is 10.1. The second-order valence-electron chi connectivity index (χ2n) is 5.82. The van der Waals surface area contributed by atoms with Crippen LogP contribution in [0.3, 0.4) is 0 Å². The molecule has 88 valence electrons. The molecular formula is C12H18N2O2. The molecule has 1 saturated carbocycles. The number of carbonyl (C=O) groups is 1. The second-order valence-corrected chi connectivity index (χ2v) is 5.82. The molecule has 16 heavy (non-hydrogen) atoms. The zero-order chi connectivity index (χ0) is 12.0. The highest BCUT2D eigenvalue weighted by Crippen LogP contribution is 2.56. The van der Waals surface area contributed by atoms with Crippen LogP contribution in [0.25, 0.3) is 0 Å². The van der Waals surface area contributed by atoms with E-state index in [1.165, 1.54) is 0 Å². The van der Waals surface area contributed by atoms with Crippen molar-refractivity contribution >= 4 is 6.09 Å². The molecule has 1 saturated heterocycles. The van der Waals surface area contributed by atoms with E-state index in [0.717, 1.165) is 19.3 Å². The van der Waals surface area contributed by atoms with Gasteiger partial charge in [-0.25, -0.2) is 4.79 Å². The van der Waals surface area contributed by atoms with Crippen LogP contribution in [0.4, 0.5) is 4.79 Å². The Morgan fingerprint density at radius 2 is 2.06 bits per heavy atom. The largest absolute Gasteiger partial charge is 0.444 e. The quantitative estimate of drug-likeness (QED) is 0.632. The van der Waals surface area contributed by atoms with Gasteiger partial charge in [-0.15, -0.1) is 0 Å². The van der Waals surface area contributed by atoms with Crippen LogP contribution >= 0.6 is 0 Å². The summed E-state index contributed by atoms with van der Waals surface area (Å²) in [6.07, 6.45) is 2.75. The third-order valence-corrected chi connectivity index (χ3v) is 3.38. The van der Waals surface area contributed by atoms with Gasteiger partial charge < -0.3 is 4.74 Å². The van der Waals surface area contributed by atoms with Crippen molar-refractivity contribution in [3.05, 3.63) is 0 Å². The predicted molar refractivity (Wildman–Crippen MR) is 58.6 cm³/mol. The monoisotopic (exact) mass is 222 g/mol. The highest BCUT2D eigenvalue weighted by molar-refractivity contribution is 5.70. The molecule has 0 radical (unpaired) electrons. The SMILES string of the molecule is CC(C)(C)OC(=O)N1CCC2(CC2)C1C#N. The topological polar surface area (TPSA) is 53.3 Å². The van der Waals surface area contributed by atoms with Crippen LogP contribution in [0.5, 0.6) is 0 Å². The maximum Gasteiger partial charge on any atom is 0.411 e. The molecule has 0 N–H and O–H groups in total. The summed E-state index contributed by atoms with van der Waals surface area (Å²) in [6.45, 7) is 6.19. The number of rotatable bonds is 0. The first-order valence-corrected chi connectivity index (χ1v) is 5.77. The molecule has 0 aromatic heterocycles. The molecule has 1 amide bonds. The number of nitriles is 1. The molecule has 2 rings (SSSR count). The third-order valence-electron chi connectivity index (χ3n) is 3.38. The molecule has 1 aliphatic carbocycles. The number of nitrogens with zero attached hydrogens (tertiary/aromatic N) is 2. The lowest BCUT2D eigenvalue weighted by Crippen LogP contribution is -2.41. The van der Waals surface area contributed by atoms with Gasteiger partial charge in [0.05, 0.1) is 6.07 Å². The minimum absolute atomic E-state index is 0.103. The number of amides is 1. The molecular weight excluding hydrogens is 204 g/mol. The summed E-state index contributed by atoms with van der Waals surface area (Å²) in [5.41, 5.74) is -0.387. The summed E-state index contributed by atoms with van der Waals surface area (Å²) in [4.78, 5) is 13.5. The van der Waals surface area contributed by atoms with E-state index in [2.05, 4.69) is 6.07 Å². The Morgan fingerprint density at radius 1 is 1.44 bits per heavy atom. The van der Waals surface area contributed by atoms with Crippen molar-refractivity contribution in [2.75, 3.05) is 6.54 Å². The number of carbonyl (C=O) groups excluding carboxylic acids is 1. The molecule has 1 spiro atoms. The first-order chi connectivity index (χ1) is 7.38. The van der Waals surface area contributed by atoms with Crippen LogP contribution in [-0.4, -0.2) is 29.2 Å². The van der Waals surface area contributed by atoms with Crippen LogP contribution < -0.4 is 0 Å². The Balaban J connectivity index is 2.06. The van der Waals surface area contributed by atoms with Crippen molar-refractivity contribution < 1.29 is 9.53 Å². The lowest BCUT2D eigenvalue weighted by atomic mass is 9.98. The van der Waals surface area contributed by atoms with Crippen molar-refractivity contribution in [2.45, 2.75) is 51.7 Å². The second kappa shape index (κ2) is 3.38. The molecule has 4 nitrogen and oxygen atoms in total. The van der Waals surface area contributed by atoms with Gasteiger partial charge in [-0.2, -0.15) is 5.26 Å². The number of likely N-dealkylation sites (tertiary alicyclic amines) is 1. The minimum Gasteiger partial charge on any atom is -0.444 e. The highest BCUT2D eigenvalue weighted by Gasteiger charge is 2.57. The molecule has 1 heterocycles. The summed E-state index contributed by atoms with van der Waals surface area (Å²) >= 11 is 0. The van der Waals surface area contributed by atoms with Crippen LogP contribution in [0, 0.1) is 16.7 Å². The number of ether oxygens (including phenoxy) is 1. The van der Waals surface area contributed by atoms with Crippen LogP contribution in [0.15, 0.2) is 0 Å². The van der Waals surface area contributed by atoms with Gasteiger partial charge in [0.1, 0.15) is 11.6 Å². The molecule has 0 aromatic carbocycles. The minimum atomic E-state index is -0.490. The molecule has 1 aliphatic heterocycles. The highest BCUT2D eigenvalue weighted by atomic mass is 16.6. The smallest absolute Gasteiger partial charge is 0.411 e. The lowest BCUT2D eigenvalue weighted by molar-refractivity contribution is 0.0243. The van der Waals surface area contributed by atoms with Crippen molar-refractivity contribution in [3.8, 4) is 6.07 Å². The van der Waals surface area contributed by atoms with Crippen LogP contribution in [0.2, 0.25) is 0 Å². The Bertz CT molecular complexity index is 347. The predicted octanol–water partition coefficient (Wildman–Crippen LogP) is 2.30. The molecule has 1 unspecified atom stereocenters. The van der Waals surface area contributed by atoms with Crippen LogP contribution in [0.1, 0.15) is 40.0 Å². The maximum absolute atomic E-state index is 11.9. The summed E-state index contributed by atoms with van der Waals surface area (Å²) in [5, 5.41) is 9.16. The van der Waals surface area contributed by atoms with Gasteiger partial charge >= 0.3 is 6.09 Å². The van der Waals surface area contributed by atoms with Gasteiger partial charge in [-0.3, -0.25) is 4.90 Å². The molecule has 0 bridgehead atoms. The van der Waals surface area contributed by atoms with Crippen molar-refractivity contribution in [1.29, 1.82) is 5.26 Å². The third kappa shape index (κ3) is 1.87. The summed E-state index contributed by atoms with van der Waals surface area (Å²) in [5.74, 6) is 0. The summed E-state index contributed by atoms with van der Waals surface area (Å²) in [7, 11) is 0. The number of hydrogen-bond acceptors (Lipinski definition) is 3. The summed E-state index contributed by atoms with van der Waals surface area (Å²) < 4.78 is 5.31. The van der Waals surface area contributed by atoms with E-state index >= 15 is 0 Å². The molecule has 2 fully saturated rings. The van der Waals surface area contributed by atoms with E-state index in [1.54, 1.807) is 4.90 Å². The van der Waals surface area contributed by atoms with E-state index < -0.39 is 5.60 Å². The van der Waals surface area contributed by atoms with Crippen LogP contribution in [-0.2, 0) is 4.74 Å². The average molecular weight is 222 g/mol. The fourth-order valence-electron chi connectivity index (χ4n) is 2.35. The first kappa shape index (κ1) is 11.3. The maximum atomic E-state index is 11.9. The fraction of sp³-hybridized carbons (Fsp3) is 0.833. The van der Waals surface area contributed by atoms with Gasteiger partial charge in [-0.1, -0.05) is 0 Å². The Hall–Kier alpha value is -1.24. The Kier molecular flexibility index (Phi) is 2.37. The Morgan fingerprint density at radius 3 is 2.50 bits per heavy atom. The average Bonchev–Trinajstić information content (AvgIpc) is 2.77. The normalized spacial score (nSPS) is 26.6. The molecule has 4 heteroatoms. The molecule has 2 aliphatic rings. The van der Waals surface area contributed by atoms with Gasteiger partial charge in [0.25, 0.3) is 0 Å². The van der Waals surface area contributed by atoms with Crippen molar-refractivity contribution in [1.82, 2.24) is 4.90 Å². The van der Waals surface area contributed by atoms with Crippen molar-refractivity contribution in [3.63, 3.8) is 0 Å². The summed E-state index contributed by atoms with van der Waals surface area (Å²) in [6, 6.07) is 1.98. The standard InChI is InChI=1S/C12H18N2O2/c1-11(2,3)16-10(15)14-7-6-12(4-5-12)9(14)8-13/h9H,4-7H2,1-3H3. The van der Waals surface area contributed by atoms with Crippen molar-refractivity contribution in [2.24, 2.45) is 5.41 Å². The van der Waals surface area contributed by atoms with E-state index in [1.807, 2.05) is 20.8 Å². The Labute approximate surface area is 96.2 Å². The van der Waals surface area contributed by atoms with Gasteiger partial charge in [-0.05, 0) is 40.0 Å². The van der Waals surface area contributed by atoms with Gasteiger partial charge in [0, 0.05) is 12.0 Å². The zero-order valence-electron chi connectivity index (χ0n) is 10.1. The number of hydrogen-bond donors (Lipinski definition) is 0. The van der Waals surface area contributed by atoms with E-state index in [4.69, 9.17) is 10.00 Å². The van der Waals surface area contributed by atoms with E-state index in [9.17, 15) is 4.79 Å². The molecule has 1 atom stereocenters. The lowest BCUT2D eigenvalue weighted by Gasteiger charge is -2.27. The van der Waals surface area contributed by atoms with E-state index in [-0.39, 0.29) is 17.6 Å². The molecule has 0 aromatic rings. The first-order valence-electron chi connectivity index (χ1n) is 5.77.